The molecule has 0 bridgehead atoms. The van der Waals surface area contributed by atoms with Crippen molar-refractivity contribution in [1.82, 2.24) is 19.6 Å². The first-order valence-corrected chi connectivity index (χ1v) is 45.7. The van der Waals surface area contributed by atoms with E-state index in [1.807, 2.05) is 92.4 Å². The number of hydrogen-bond acceptors (Lipinski definition) is 19. The highest BCUT2D eigenvalue weighted by molar-refractivity contribution is 15.0. The van der Waals surface area contributed by atoms with E-state index in [4.69, 9.17) is 28.4 Å². The lowest BCUT2D eigenvalue weighted by atomic mass is 9.80. The van der Waals surface area contributed by atoms with Crippen molar-refractivity contribution in [3.63, 3.8) is 0 Å². The van der Waals surface area contributed by atoms with Crippen molar-refractivity contribution < 1.29 is 83.3 Å². The Hall–Kier alpha value is -2.33. The molecule has 24 heteroatoms. The van der Waals surface area contributed by atoms with Gasteiger partial charge < -0.3 is 74.0 Å². The Morgan fingerprint density at radius 1 is 0.590 bits per heavy atom. The topological polar surface area (TPSA) is 285 Å². The molecule has 0 aromatic carbocycles. The summed E-state index contributed by atoms with van der Waals surface area (Å²) in [6.07, 6.45) is 29.3. The molecule has 2 aliphatic carbocycles. The normalized spacial score (nSPS) is 33.6. The number of amides is 2. The van der Waals surface area contributed by atoms with E-state index < -0.39 is 89.1 Å². The molecule has 21 nitrogen and oxygen atoms in total. The molecule has 6 heterocycles. The average molecular weight is 1820 g/mol. The molecule has 2 saturated carbocycles. The highest BCUT2D eigenvalue weighted by Crippen LogP contribution is 2.40. The Kier molecular flexibility index (Phi) is 39.8. The summed E-state index contributed by atoms with van der Waals surface area (Å²) in [5.74, 6) is -1.66. The van der Waals surface area contributed by atoms with Gasteiger partial charge in [0, 0.05) is 144 Å². The lowest BCUT2D eigenvalue weighted by molar-refractivity contribution is -0.152. The summed E-state index contributed by atoms with van der Waals surface area (Å²) in [6, 6.07) is 1.20. The molecular weight excluding hydrogens is 1680 g/mol. The Bertz CT molecular complexity index is 2640. The molecular formula is C81H135I3N4O17. The second-order valence-electron chi connectivity index (χ2n) is 33.0. The van der Waals surface area contributed by atoms with Crippen LogP contribution in [0, 0.1) is 29.1 Å². The van der Waals surface area contributed by atoms with Crippen LogP contribution in [-0.4, -0.2) is 234 Å². The summed E-state index contributed by atoms with van der Waals surface area (Å²) >= 11 is 4.24. The third kappa shape index (κ3) is 30.6. The largest absolute Gasteiger partial charge is 0.457 e. The van der Waals surface area contributed by atoms with Crippen LogP contribution in [0.1, 0.15) is 231 Å². The zero-order chi connectivity index (χ0) is 76.7. The van der Waals surface area contributed by atoms with Gasteiger partial charge >= 0.3 is 24.1 Å². The van der Waals surface area contributed by atoms with E-state index in [0.29, 0.717) is 82.4 Å². The molecule has 8 aliphatic rings. The maximum absolute atomic E-state index is 13.6. The number of allylic oxidation sites excluding steroid dienone is 4. The van der Waals surface area contributed by atoms with Crippen LogP contribution in [-0.2, 0) is 38.0 Å². The summed E-state index contributed by atoms with van der Waals surface area (Å²) in [7, 11) is 0. The lowest BCUT2D eigenvalue weighted by Gasteiger charge is -2.40. The molecule has 7 N–H and O–H groups in total. The maximum atomic E-state index is 13.6. The number of rotatable bonds is 20. The summed E-state index contributed by atoms with van der Waals surface area (Å²) in [5.41, 5.74) is -2.76. The minimum atomic E-state index is -1.48. The molecule has 8 rings (SSSR count). The predicted molar refractivity (Wildman–Crippen MR) is 438 cm³/mol. The number of nitrogens with zero attached hydrogens (tertiary/aromatic N) is 4. The number of ether oxygens (including phenoxy) is 6. The Morgan fingerprint density at radius 2 is 0.943 bits per heavy atom. The minimum Gasteiger partial charge on any atom is -0.457 e. The number of aliphatic hydroxyl groups excluding tert-OH is 4. The van der Waals surface area contributed by atoms with Gasteiger partial charge in [0.2, 0.25) is 0 Å². The van der Waals surface area contributed by atoms with Gasteiger partial charge in [0.25, 0.3) is 0 Å². The zero-order valence-electron chi connectivity index (χ0n) is 65.5. The van der Waals surface area contributed by atoms with Crippen molar-refractivity contribution in [2.24, 2.45) is 29.1 Å². The quantitative estimate of drug-likeness (QED) is 0.0113. The predicted octanol–water partition coefficient (Wildman–Crippen LogP) is 13.8. The molecule has 6 aliphatic heterocycles. The molecule has 602 valence electrons. The smallest absolute Gasteiger partial charge is 0.410 e. The van der Waals surface area contributed by atoms with Crippen molar-refractivity contribution in [2.45, 2.75) is 333 Å². The Balaban J connectivity index is 0.000000365. The van der Waals surface area contributed by atoms with E-state index in [-0.39, 0.29) is 104 Å². The standard InChI is InChI=1S/C41H68N2O8.C40H66N2O9.I2.HI/c1-8-33(45)30(4)38-34(49-38)27-41(7,48)20-13-14-28(2)37-29(3)17-18-35(40(5,6)21-19-32(44)26-36(46)51-37)50-39(47)43-24-22-42(23-25-43)31-15-11-9-10-12-16-31;1-7-32(44)29(4)37-33(49-37)26-39(5,47)19-12-13-27(2)36-28(3)16-17-34(40(6,48)20-18-31(43)25-35(45)51-36)50-38(46)42-23-21-41(22-24-42)30-14-10-8-9-11-15-30;1-2;/h13-14,17-18,20,29-35,37-38,44-45,48H,8-12,15-16,19,21-27H2,1-7H3;12-13,16-17,19,28-34,36-37,43-44,47-48H,7-11,14-15,18,20-26H2,1-6H3;;1H/b18-17+,20-13+,28-14+;17-16+,19-12+,27-13+;;. The Labute approximate surface area is 669 Å². The van der Waals surface area contributed by atoms with Gasteiger partial charge in [-0.05, 0) is 122 Å². The monoisotopic (exact) mass is 1820 g/mol. The Morgan fingerprint density at radius 3 is 1.31 bits per heavy atom. The third-order valence-corrected chi connectivity index (χ3v) is 23.3. The molecule has 0 aromatic rings. The molecule has 105 heavy (non-hydrogen) atoms. The molecule has 0 aromatic heterocycles. The fraction of sp³-hybridized carbons (Fsp3) is 0.802. The minimum absolute atomic E-state index is 0. The van der Waals surface area contributed by atoms with Crippen LogP contribution in [0.25, 0.3) is 0 Å². The number of esters is 2. The highest BCUT2D eigenvalue weighted by atomic mass is 128. The first-order chi connectivity index (χ1) is 49.2. The van der Waals surface area contributed by atoms with Gasteiger partial charge in [-0.25, -0.2) is 9.59 Å². The van der Waals surface area contributed by atoms with E-state index in [9.17, 15) is 54.9 Å². The summed E-state index contributed by atoms with van der Waals surface area (Å²) < 4.78 is 35.6. The molecule has 6 fully saturated rings. The number of carbonyl (C=O) groups excluding carboxylic acids is 4. The number of epoxide rings is 2. The molecule has 19 atom stereocenters. The van der Waals surface area contributed by atoms with Crippen molar-refractivity contribution in [3.8, 4) is 0 Å². The van der Waals surface area contributed by atoms with Crippen molar-refractivity contribution in [2.75, 3.05) is 52.4 Å². The maximum Gasteiger partial charge on any atom is 0.410 e. The SMILES string of the molecule is CCC(O)C(C)C1OC1CC(C)(O)/C=C/C=C(\C)C1OC(=O)CC(O)CCC(C)(C)C(OC(=O)N2CCN(C3CCCCCC3)CC2)/C=C/C1C.CCC(O)C(C)C1OC1CC(C)(O)/C=C/C=C(\C)C1OC(=O)CC(O)CCC(C)(O)C(OC(=O)N2CCN(C3CCCCCC3)CC2)/C=C/C1C.I.II. The molecule has 0 radical (unpaired) electrons. The summed E-state index contributed by atoms with van der Waals surface area (Å²) in [6.45, 7) is 30.3. The van der Waals surface area contributed by atoms with Crippen LogP contribution in [0.5, 0.6) is 0 Å². The first kappa shape index (κ1) is 93.3. The average Bonchev–Trinajstić information content (AvgIpc) is 1.67. The van der Waals surface area contributed by atoms with Crippen LogP contribution in [0.15, 0.2) is 71.9 Å². The van der Waals surface area contributed by atoms with Gasteiger partial charge in [0.05, 0.1) is 72.9 Å². The molecule has 19 unspecified atom stereocenters. The van der Waals surface area contributed by atoms with Gasteiger partial charge in [-0.15, -0.1) is 24.0 Å². The van der Waals surface area contributed by atoms with Crippen LogP contribution in [0.3, 0.4) is 0 Å². The number of carbonyl (C=O) groups is 4. The zero-order valence-corrected chi connectivity index (χ0v) is 72.2. The van der Waals surface area contributed by atoms with Gasteiger partial charge in [-0.1, -0.05) is 155 Å². The van der Waals surface area contributed by atoms with E-state index in [0.717, 1.165) is 31.8 Å². The van der Waals surface area contributed by atoms with Crippen molar-refractivity contribution in [3.05, 3.63) is 71.9 Å². The van der Waals surface area contributed by atoms with Crippen LogP contribution >= 0.6 is 61.2 Å². The number of cyclic esters (lactones) is 2. The molecule has 4 saturated heterocycles. The molecule has 2 amide bonds. The summed E-state index contributed by atoms with van der Waals surface area (Å²) in [5, 5.41) is 75.5. The van der Waals surface area contributed by atoms with Crippen LogP contribution < -0.4 is 0 Å². The summed E-state index contributed by atoms with van der Waals surface area (Å²) in [4.78, 5) is 61.5. The number of halogens is 3. The van der Waals surface area contributed by atoms with E-state index in [1.165, 1.54) is 77.0 Å². The number of aliphatic hydroxyl groups is 7. The lowest BCUT2D eigenvalue weighted by Crippen LogP contribution is -2.53. The van der Waals surface area contributed by atoms with Gasteiger partial charge in [0.1, 0.15) is 23.9 Å². The fourth-order valence-corrected chi connectivity index (χ4v) is 15.9. The number of piperazine rings is 2. The van der Waals surface area contributed by atoms with Gasteiger partial charge in [-0.2, -0.15) is 0 Å². The van der Waals surface area contributed by atoms with E-state index >= 15 is 0 Å². The van der Waals surface area contributed by atoms with E-state index in [2.05, 4.69) is 47.0 Å². The number of hydrogen-bond donors (Lipinski definition) is 7. The fourth-order valence-electron chi connectivity index (χ4n) is 15.9. The van der Waals surface area contributed by atoms with Crippen LogP contribution in [0.4, 0.5) is 9.59 Å². The molecule has 0 spiro atoms. The first-order valence-electron chi connectivity index (χ1n) is 39.4. The van der Waals surface area contributed by atoms with Gasteiger partial charge in [0.15, 0.2) is 6.10 Å². The third-order valence-electron chi connectivity index (χ3n) is 23.3. The van der Waals surface area contributed by atoms with Crippen molar-refractivity contribution in [1.29, 1.82) is 0 Å². The second kappa shape index (κ2) is 44.8. The van der Waals surface area contributed by atoms with Crippen LogP contribution in [0.2, 0.25) is 0 Å². The van der Waals surface area contributed by atoms with Crippen molar-refractivity contribution >= 4 is 85.3 Å². The second-order valence-corrected chi connectivity index (χ2v) is 33.0. The van der Waals surface area contributed by atoms with Gasteiger partial charge in [-0.3, -0.25) is 19.4 Å². The van der Waals surface area contributed by atoms with E-state index in [1.54, 1.807) is 68.2 Å². The highest BCUT2D eigenvalue weighted by Gasteiger charge is 2.49.